The zero-order chi connectivity index (χ0) is 15.4. The third-order valence-electron chi connectivity index (χ3n) is 3.62. The lowest BCUT2D eigenvalue weighted by molar-refractivity contribution is 0.505. The van der Waals surface area contributed by atoms with Crippen LogP contribution < -0.4 is 0 Å². The zero-order valence-corrected chi connectivity index (χ0v) is 12.2. The van der Waals surface area contributed by atoms with Crippen molar-refractivity contribution in [3.05, 3.63) is 53.5 Å². The average Bonchev–Trinajstić information content (AvgIpc) is 3.05. The van der Waals surface area contributed by atoms with Gasteiger partial charge in [-0.05, 0) is 13.0 Å². The lowest BCUT2D eigenvalue weighted by Crippen LogP contribution is -1.88. The number of halogens is 3. The molecule has 22 heavy (non-hydrogen) atoms. The van der Waals surface area contributed by atoms with Crippen LogP contribution in [0.15, 0.2) is 30.3 Å². The average molecular weight is 318 g/mol. The van der Waals surface area contributed by atoms with Crippen LogP contribution in [0, 0.1) is 24.4 Å². The number of H-pyrrole nitrogens is 1. The molecule has 0 amide bonds. The van der Waals surface area contributed by atoms with Gasteiger partial charge in [0.25, 0.3) is 0 Å². The van der Waals surface area contributed by atoms with E-state index >= 15 is 0 Å². The van der Waals surface area contributed by atoms with Crippen molar-refractivity contribution in [3.8, 4) is 10.6 Å². The molecule has 0 unspecified atom stereocenters. The van der Waals surface area contributed by atoms with E-state index in [1.807, 2.05) is 31.2 Å². The Hall–Kier alpha value is -2.34. The van der Waals surface area contributed by atoms with Crippen molar-refractivity contribution in [1.29, 1.82) is 0 Å². The quantitative estimate of drug-likeness (QED) is 0.482. The fraction of sp³-hybridized carbons (Fsp3) is 0.0625. The molecule has 0 saturated heterocycles. The fourth-order valence-electron chi connectivity index (χ4n) is 2.64. The summed E-state index contributed by atoms with van der Waals surface area (Å²) in [6.45, 7) is 1.87. The Kier molecular flexibility index (Phi) is 2.77. The number of rotatable bonds is 1. The lowest BCUT2D eigenvalue weighted by atomic mass is 10.1. The summed E-state index contributed by atoms with van der Waals surface area (Å²) in [5.41, 5.74) is 2.29. The maximum absolute atomic E-state index is 13.9. The highest BCUT2D eigenvalue weighted by molar-refractivity contribution is 7.21. The van der Waals surface area contributed by atoms with Crippen LogP contribution in [-0.4, -0.2) is 9.97 Å². The Balaban J connectivity index is 2.07. The Bertz CT molecular complexity index is 1030. The number of fused-ring (bicyclic) bond motifs is 2. The summed E-state index contributed by atoms with van der Waals surface area (Å²) >= 11 is 1.02. The fourth-order valence-corrected chi connectivity index (χ4v) is 3.73. The topological polar surface area (TPSA) is 28.7 Å². The monoisotopic (exact) mass is 318 g/mol. The molecular formula is C16H9F3N2S. The molecule has 4 aromatic rings. The van der Waals surface area contributed by atoms with Gasteiger partial charge >= 0.3 is 0 Å². The summed E-state index contributed by atoms with van der Waals surface area (Å²) in [6, 6.07) is 8.16. The van der Waals surface area contributed by atoms with E-state index in [1.54, 1.807) is 0 Å². The van der Waals surface area contributed by atoms with E-state index in [2.05, 4.69) is 9.97 Å². The zero-order valence-electron chi connectivity index (χ0n) is 11.4. The van der Waals surface area contributed by atoms with Gasteiger partial charge in [-0.15, -0.1) is 11.3 Å². The normalized spacial score (nSPS) is 11.6. The number of hydrogen-bond acceptors (Lipinski definition) is 2. The molecule has 110 valence electrons. The third kappa shape index (κ3) is 1.77. The van der Waals surface area contributed by atoms with Gasteiger partial charge in [-0.25, -0.2) is 18.2 Å². The maximum Gasteiger partial charge on any atom is 0.186 e. The van der Waals surface area contributed by atoms with Crippen LogP contribution >= 0.6 is 11.3 Å². The number of aromatic nitrogens is 2. The molecule has 0 atom stereocenters. The molecular weight excluding hydrogens is 309 g/mol. The highest BCUT2D eigenvalue weighted by Gasteiger charge is 2.20. The van der Waals surface area contributed by atoms with Crippen molar-refractivity contribution >= 4 is 32.5 Å². The summed E-state index contributed by atoms with van der Waals surface area (Å²) in [6.07, 6.45) is 0. The predicted octanol–water partition coefficient (Wildman–Crippen LogP) is 5.17. The summed E-state index contributed by atoms with van der Waals surface area (Å²) in [5.74, 6) is -3.14. The Labute approximate surface area is 127 Å². The third-order valence-corrected chi connectivity index (χ3v) is 4.70. The largest absolute Gasteiger partial charge is 0.358 e. The standard InChI is InChI=1S/C16H9F3N2S/c1-7-12(8-4-2-3-5-11(8)20-7)16-21-14-13(19)9(17)6-10(18)15(14)22-16/h2-6,20H,1H3. The van der Waals surface area contributed by atoms with Crippen molar-refractivity contribution in [2.75, 3.05) is 0 Å². The van der Waals surface area contributed by atoms with Gasteiger partial charge < -0.3 is 4.98 Å². The number of nitrogens with zero attached hydrogens (tertiary/aromatic N) is 1. The molecule has 2 aromatic carbocycles. The van der Waals surface area contributed by atoms with Gasteiger partial charge in [0.2, 0.25) is 0 Å². The number of hydrogen-bond donors (Lipinski definition) is 1. The molecule has 0 aliphatic rings. The Morgan fingerprint density at radius 2 is 1.86 bits per heavy atom. The Morgan fingerprint density at radius 1 is 1.09 bits per heavy atom. The first-order chi connectivity index (χ1) is 10.6. The van der Waals surface area contributed by atoms with E-state index in [1.165, 1.54) is 0 Å². The number of nitrogens with one attached hydrogen (secondary N) is 1. The lowest BCUT2D eigenvalue weighted by Gasteiger charge is -1.95. The molecule has 0 radical (unpaired) electrons. The maximum atomic E-state index is 13.9. The predicted molar refractivity (Wildman–Crippen MR) is 81.5 cm³/mol. The van der Waals surface area contributed by atoms with Crippen molar-refractivity contribution in [3.63, 3.8) is 0 Å². The minimum absolute atomic E-state index is 0.0265. The number of aromatic amines is 1. The van der Waals surface area contributed by atoms with E-state index in [0.717, 1.165) is 33.5 Å². The summed E-state index contributed by atoms with van der Waals surface area (Å²) < 4.78 is 41.1. The minimum atomic E-state index is -1.22. The molecule has 2 heterocycles. The molecule has 0 bridgehead atoms. The highest BCUT2D eigenvalue weighted by Crippen LogP contribution is 2.38. The molecule has 0 fully saturated rings. The van der Waals surface area contributed by atoms with Crippen LogP contribution in [0.5, 0.6) is 0 Å². The van der Waals surface area contributed by atoms with Gasteiger partial charge in [0.15, 0.2) is 11.6 Å². The van der Waals surface area contributed by atoms with Gasteiger partial charge in [0.1, 0.15) is 16.3 Å². The second-order valence-corrected chi connectivity index (χ2v) is 6.02. The van der Waals surface area contributed by atoms with Crippen LogP contribution in [0.4, 0.5) is 13.2 Å². The highest BCUT2D eigenvalue weighted by atomic mass is 32.1. The van der Waals surface area contributed by atoms with Crippen molar-refractivity contribution < 1.29 is 13.2 Å². The van der Waals surface area contributed by atoms with E-state index in [9.17, 15) is 13.2 Å². The summed E-state index contributed by atoms with van der Waals surface area (Å²) in [5, 5.41) is 1.38. The van der Waals surface area contributed by atoms with Gasteiger partial charge in [-0.1, -0.05) is 18.2 Å². The number of para-hydroxylation sites is 1. The SMILES string of the molecule is Cc1[nH]c2ccccc2c1-c1nc2c(F)c(F)cc(F)c2s1. The van der Waals surface area contributed by atoms with E-state index in [4.69, 9.17) is 0 Å². The van der Waals surface area contributed by atoms with E-state index < -0.39 is 17.5 Å². The van der Waals surface area contributed by atoms with Gasteiger partial charge in [-0.2, -0.15) is 0 Å². The molecule has 6 heteroatoms. The van der Waals surface area contributed by atoms with E-state index in [0.29, 0.717) is 11.1 Å². The van der Waals surface area contributed by atoms with Crippen molar-refractivity contribution in [2.24, 2.45) is 0 Å². The van der Waals surface area contributed by atoms with E-state index in [-0.39, 0.29) is 10.2 Å². The molecule has 0 aliphatic heterocycles. The Morgan fingerprint density at radius 3 is 2.68 bits per heavy atom. The first-order valence-corrected chi connectivity index (χ1v) is 7.39. The van der Waals surface area contributed by atoms with Crippen molar-refractivity contribution in [1.82, 2.24) is 9.97 Å². The second-order valence-electron chi connectivity index (χ2n) is 5.02. The first kappa shape index (κ1) is 13.3. The smallest absolute Gasteiger partial charge is 0.186 e. The number of benzene rings is 2. The van der Waals surface area contributed by atoms with Gasteiger partial charge in [0.05, 0.1) is 4.70 Å². The van der Waals surface area contributed by atoms with Crippen LogP contribution in [0.1, 0.15) is 5.69 Å². The minimum Gasteiger partial charge on any atom is -0.358 e. The van der Waals surface area contributed by atoms with Gasteiger partial charge in [-0.3, -0.25) is 0 Å². The second kappa shape index (κ2) is 4.58. The molecule has 0 saturated carbocycles. The summed E-state index contributed by atoms with van der Waals surface area (Å²) in [7, 11) is 0. The van der Waals surface area contributed by atoms with Crippen LogP contribution in [0.25, 0.3) is 31.7 Å². The molecule has 1 N–H and O–H groups in total. The first-order valence-electron chi connectivity index (χ1n) is 6.58. The number of aryl methyl sites for hydroxylation is 1. The number of thiazole rings is 1. The van der Waals surface area contributed by atoms with Gasteiger partial charge in [0, 0.05) is 28.2 Å². The van der Waals surface area contributed by atoms with Crippen LogP contribution in [-0.2, 0) is 0 Å². The van der Waals surface area contributed by atoms with Crippen LogP contribution in [0.2, 0.25) is 0 Å². The van der Waals surface area contributed by atoms with Crippen LogP contribution in [0.3, 0.4) is 0 Å². The molecule has 2 nitrogen and oxygen atoms in total. The molecule has 0 aliphatic carbocycles. The molecule has 4 rings (SSSR count). The molecule has 2 aromatic heterocycles. The summed E-state index contributed by atoms with van der Waals surface area (Å²) in [4.78, 5) is 7.35. The van der Waals surface area contributed by atoms with Crippen molar-refractivity contribution in [2.45, 2.75) is 6.92 Å². The molecule has 0 spiro atoms.